The molecule has 1 aliphatic rings. The molecule has 23 heavy (non-hydrogen) atoms. The van der Waals surface area contributed by atoms with Crippen LogP contribution in [0.25, 0.3) is 0 Å². The Hall–Kier alpha value is -0.760. The molecule has 0 radical (unpaired) electrons. The van der Waals surface area contributed by atoms with E-state index in [0.29, 0.717) is 19.1 Å². The molecule has 1 aromatic rings. The zero-order valence-corrected chi connectivity index (χ0v) is 16.8. The topological polar surface area (TPSA) is 50.0 Å². The van der Waals surface area contributed by atoms with Crippen molar-refractivity contribution in [2.45, 2.75) is 26.7 Å². The molecule has 2 unspecified atom stereocenters. The number of rotatable bonds is 6. The number of nitrogens with one attached hydrogen (secondary N) is 1. The molecule has 2 heterocycles. The van der Waals surface area contributed by atoms with Crippen molar-refractivity contribution in [1.82, 2.24) is 10.2 Å². The van der Waals surface area contributed by atoms with Gasteiger partial charge in [-0.25, -0.2) is 0 Å². The molecular formula is C17H30IN3O2. The Kier molecular flexibility index (Phi) is 9.62. The average molecular weight is 435 g/mol. The summed E-state index contributed by atoms with van der Waals surface area (Å²) in [5, 5.41) is 3.48. The Morgan fingerprint density at radius 1 is 1.43 bits per heavy atom. The molecule has 2 rings (SSSR count). The van der Waals surface area contributed by atoms with Crippen LogP contribution in [-0.4, -0.2) is 50.8 Å². The second-order valence-electron chi connectivity index (χ2n) is 6.14. The summed E-state index contributed by atoms with van der Waals surface area (Å²) >= 11 is 0. The number of ether oxygens (including phenoxy) is 1. The van der Waals surface area contributed by atoms with Gasteiger partial charge >= 0.3 is 0 Å². The molecule has 1 saturated heterocycles. The summed E-state index contributed by atoms with van der Waals surface area (Å²) in [5.41, 5.74) is 0. The molecule has 0 saturated carbocycles. The molecule has 6 heteroatoms. The van der Waals surface area contributed by atoms with Crippen molar-refractivity contribution in [3.8, 4) is 0 Å². The zero-order chi connectivity index (χ0) is 15.8. The number of furan rings is 1. The molecule has 0 aliphatic carbocycles. The van der Waals surface area contributed by atoms with E-state index in [2.05, 4.69) is 24.1 Å². The summed E-state index contributed by atoms with van der Waals surface area (Å²) in [7, 11) is 1.71. The first-order valence-corrected chi connectivity index (χ1v) is 8.25. The first-order valence-electron chi connectivity index (χ1n) is 8.25. The largest absolute Gasteiger partial charge is 0.469 e. The normalized spacial score (nSPS) is 21.9. The molecule has 1 fully saturated rings. The molecular weight excluding hydrogens is 405 g/mol. The van der Waals surface area contributed by atoms with Crippen molar-refractivity contribution >= 4 is 29.9 Å². The minimum absolute atomic E-state index is 0. The van der Waals surface area contributed by atoms with Gasteiger partial charge in [0.2, 0.25) is 0 Å². The molecule has 0 spiro atoms. The standard InChI is InChI=1S/C17H29N3O2.HI/c1-14-7-10-20(13-15(14)2)17(19-9-12-21-3)18-8-6-16-5-4-11-22-16;/h4-5,11,14-15H,6-10,12-13H2,1-3H3,(H,18,19);1H. The summed E-state index contributed by atoms with van der Waals surface area (Å²) in [6.45, 7) is 9.00. The van der Waals surface area contributed by atoms with E-state index in [4.69, 9.17) is 14.1 Å². The molecule has 1 aromatic heterocycles. The van der Waals surface area contributed by atoms with Crippen LogP contribution in [0.1, 0.15) is 26.0 Å². The van der Waals surface area contributed by atoms with Crippen molar-refractivity contribution in [2.75, 3.05) is 39.9 Å². The second kappa shape index (κ2) is 10.9. The van der Waals surface area contributed by atoms with Gasteiger partial charge < -0.3 is 19.4 Å². The van der Waals surface area contributed by atoms with Crippen LogP contribution in [0.5, 0.6) is 0 Å². The number of methoxy groups -OCH3 is 1. The smallest absolute Gasteiger partial charge is 0.194 e. The van der Waals surface area contributed by atoms with Gasteiger partial charge in [-0.15, -0.1) is 24.0 Å². The van der Waals surface area contributed by atoms with Gasteiger partial charge in [0.1, 0.15) is 5.76 Å². The summed E-state index contributed by atoms with van der Waals surface area (Å²) in [4.78, 5) is 7.07. The number of hydrogen-bond donors (Lipinski definition) is 1. The van der Waals surface area contributed by atoms with Gasteiger partial charge in [0.05, 0.1) is 19.4 Å². The number of likely N-dealkylation sites (tertiary alicyclic amines) is 1. The van der Waals surface area contributed by atoms with E-state index in [-0.39, 0.29) is 24.0 Å². The quantitative estimate of drug-likeness (QED) is 0.323. The Morgan fingerprint density at radius 2 is 2.26 bits per heavy atom. The maximum absolute atomic E-state index is 5.38. The van der Waals surface area contributed by atoms with Crippen LogP contribution in [0.2, 0.25) is 0 Å². The number of aliphatic imine (C=N–C) groups is 1. The maximum atomic E-state index is 5.38. The third-order valence-corrected chi connectivity index (χ3v) is 4.43. The van der Waals surface area contributed by atoms with Gasteiger partial charge in [-0.2, -0.15) is 0 Å². The van der Waals surface area contributed by atoms with Crippen LogP contribution in [0.3, 0.4) is 0 Å². The van der Waals surface area contributed by atoms with Crippen molar-refractivity contribution in [3.63, 3.8) is 0 Å². The van der Waals surface area contributed by atoms with E-state index in [9.17, 15) is 0 Å². The molecule has 1 aliphatic heterocycles. The number of nitrogens with zero attached hydrogens (tertiary/aromatic N) is 2. The first kappa shape index (κ1) is 20.3. The highest BCUT2D eigenvalue weighted by molar-refractivity contribution is 14.0. The molecule has 0 aromatic carbocycles. The van der Waals surface area contributed by atoms with E-state index in [1.54, 1.807) is 13.4 Å². The lowest BCUT2D eigenvalue weighted by Crippen LogP contribution is -2.48. The van der Waals surface area contributed by atoms with E-state index in [0.717, 1.165) is 43.7 Å². The first-order chi connectivity index (χ1) is 10.7. The fourth-order valence-corrected chi connectivity index (χ4v) is 2.72. The Balaban J connectivity index is 0.00000264. The molecule has 5 nitrogen and oxygen atoms in total. The second-order valence-corrected chi connectivity index (χ2v) is 6.14. The maximum Gasteiger partial charge on any atom is 0.194 e. The summed E-state index contributed by atoms with van der Waals surface area (Å²) in [6.07, 6.45) is 3.82. The average Bonchev–Trinajstić information content (AvgIpc) is 3.02. The summed E-state index contributed by atoms with van der Waals surface area (Å²) in [5.74, 6) is 3.50. The fraction of sp³-hybridized carbons (Fsp3) is 0.706. The van der Waals surface area contributed by atoms with Gasteiger partial charge in [0.25, 0.3) is 0 Å². The third kappa shape index (κ3) is 6.71. The number of hydrogen-bond acceptors (Lipinski definition) is 3. The number of halogens is 1. The highest BCUT2D eigenvalue weighted by Gasteiger charge is 2.24. The molecule has 0 amide bonds. The van der Waals surface area contributed by atoms with E-state index < -0.39 is 0 Å². The van der Waals surface area contributed by atoms with Crippen LogP contribution < -0.4 is 5.32 Å². The minimum atomic E-state index is 0. The monoisotopic (exact) mass is 435 g/mol. The Labute approximate surface area is 156 Å². The highest BCUT2D eigenvalue weighted by atomic mass is 127. The van der Waals surface area contributed by atoms with Gasteiger partial charge in [0.15, 0.2) is 5.96 Å². The zero-order valence-electron chi connectivity index (χ0n) is 14.5. The van der Waals surface area contributed by atoms with Crippen molar-refractivity contribution in [1.29, 1.82) is 0 Å². The van der Waals surface area contributed by atoms with Gasteiger partial charge in [0, 0.05) is 33.2 Å². The molecule has 2 atom stereocenters. The van der Waals surface area contributed by atoms with Gasteiger partial charge in [-0.05, 0) is 30.4 Å². The molecule has 1 N–H and O–H groups in total. The summed E-state index contributed by atoms with van der Waals surface area (Å²) < 4.78 is 10.5. The predicted molar refractivity (Wildman–Crippen MR) is 105 cm³/mol. The van der Waals surface area contributed by atoms with Crippen LogP contribution in [0.4, 0.5) is 0 Å². The Bertz CT molecular complexity index is 451. The predicted octanol–water partition coefficient (Wildman–Crippen LogP) is 3.01. The van der Waals surface area contributed by atoms with Crippen LogP contribution in [0.15, 0.2) is 27.8 Å². The third-order valence-electron chi connectivity index (χ3n) is 4.43. The van der Waals surface area contributed by atoms with Crippen molar-refractivity contribution in [2.24, 2.45) is 16.8 Å². The van der Waals surface area contributed by atoms with E-state index in [1.165, 1.54) is 6.42 Å². The number of guanidine groups is 1. The van der Waals surface area contributed by atoms with E-state index >= 15 is 0 Å². The lowest BCUT2D eigenvalue weighted by molar-refractivity contribution is 0.195. The fourth-order valence-electron chi connectivity index (χ4n) is 2.72. The molecule has 132 valence electrons. The van der Waals surface area contributed by atoms with Crippen LogP contribution in [0, 0.1) is 11.8 Å². The van der Waals surface area contributed by atoms with Crippen LogP contribution >= 0.6 is 24.0 Å². The lowest BCUT2D eigenvalue weighted by atomic mass is 9.89. The highest BCUT2D eigenvalue weighted by Crippen LogP contribution is 2.22. The van der Waals surface area contributed by atoms with Crippen molar-refractivity contribution in [3.05, 3.63) is 24.2 Å². The van der Waals surface area contributed by atoms with Crippen LogP contribution in [-0.2, 0) is 11.2 Å². The lowest BCUT2D eigenvalue weighted by Gasteiger charge is -2.37. The summed E-state index contributed by atoms with van der Waals surface area (Å²) in [6, 6.07) is 3.94. The van der Waals surface area contributed by atoms with Gasteiger partial charge in [-0.1, -0.05) is 13.8 Å². The Morgan fingerprint density at radius 3 is 2.91 bits per heavy atom. The SMILES string of the molecule is COCCN=C(NCCc1ccco1)N1CCC(C)C(C)C1.I. The van der Waals surface area contributed by atoms with Crippen molar-refractivity contribution < 1.29 is 9.15 Å². The molecule has 0 bridgehead atoms. The number of piperidine rings is 1. The minimum Gasteiger partial charge on any atom is -0.469 e. The van der Waals surface area contributed by atoms with E-state index in [1.807, 2.05) is 12.1 Å². The van der Waals surface area contributed by atoms with Gasteiger partial charge in [-0.3, -0.25) is 4.99 Å².